The number of primary amides is 1. The van der Waals surface area contributed by atoms with Crippen molar-refractivity contribution in [3.63, 3.8) is 0 Å². The number of nitrogens with zero attached hydrogens (tertiary/aromatic N) is 2. The van der Waals surface area contributed by atoms with E-state index in [1.54, 1.807) is 20.2 Å². The van der Waals surface area contributed by atoms with Crippen LogP contribution in [0.4, 0.5) is 0 Å². The molecule has 2 aromatic carbocycles. The number of benzene rings is 2. The Morgan fingerprint density at radius 2 is 1.71 bits per heavy atom. The number of likely N-dealkylation sites (tertiary alicyclic amines) is 1. The van der Waals surface area contributed by atoms with Crippen LogP contribution >= 0.6 is 0 Å². The summed E-state index contributed by atoms with van der Waals surface area (Å²) < 4.78 is 0. The topological polar surface area (TPSA) is 165 Å². The van der Waals surface area contributed by atoms with Crippen LogP contribution in [0.2, 0.25) is 0 Å². The highest BCUT2D eigenvalue weighted by molar-refractivity contribution is 6.24. The monoisotopic (exact) mass is 573 g/mol. The molecule has 6 N–H and O–H groups in total. The second-order valence-electron chi connectivity index (χ2n) is 12.1. The van der Waals surface area contributed by atoms with E-state index in [0.29, 0.717) is 5.56 Å². The molecule has 0 spiro atoms. The minimum Gasteiger partial charge on any atom is -0.510 e. The van der Waals surface area contributed by atoms with Gasteiger partial charge in [0.1, 0.15) is 22.8 Å². The average molecular weight is 574 g/mol. The Kier molecular flexibility index (Phi) is 6.75. The molecule has 1 saturated heterocycles. The van der Waals surface area contributed by atoms with Crippen molar-refractivity contribution in [2.24, 2.45) is 17.6 Å². The molecule has 1 amide bonds. The number of carbonyl (C=O) groups excluding carboxylic acids is 3. The van der Waals surface area contributed by atoms with E-state index >= 15 is 0 Å². The molecule has 220 valence electrons. The third-order valence-corrected chi connectivity index (χ3v) is 9.48. The normalized spacial score (nSPS) is 27.8. The Hall–Kier alpha value is -3.99. The summed E-state index contributed by atoms with van der Waals surface area (Å²) in [6.07, 6.45) is 2.72. The fraction of sp³-hybridized carbons (Fsp3) is 0.406. The fourth-order valence-electron chi connectivity index (χ4n) is 7.51. The number of aliphatic hydroxyl groups is 3. The first-order valence-electron chi connectivity index (χ1n) is 14.3. The van der Waals surface area contributed by atoms with Crippen molar-refractivity contribution >= 4 is 17.5 Å². The highest BCUT2D eigenvalue weighted by Crippen LogP contribution is 2.53. The molecule has 2 aromatic rings. The first kappa shape index (κ1) is 28.1. The number of aliphatic hydroxyl groups excluding tert-OH is 2. The first-order valence-corrected chi connectivity index (χ1v) is 14.3. The van der Waals surface area contributed by atoms with E-state index in [4.69, 9.17) is 5.73 Å². The number of phenols is 1. The number of hydrogen-bond donors (Lipinski definition) is 5. The van der Waals surface area contributed by atoms with Crippen LogP contribution in [0.15, 0.2) is 59.1 Å². The summed E-state index contributed by atoms with van der Waals surface area (Å²) in [7, 11) is 3.22. The van der Waals surface area contributed by atoms with Crippen LogP contribution in [0.5, 0.6) is 5.75 Å². The van der Waals surface area contributed by atoms with Crippen molar-refractivity contribution in [1.29, 1.82) is 0 Å². The molecule has 1 aliphatic heterocycles. The van der Waals surface area contributed by atoms with Crippen molar-refractivity contribution in [3.8, 4) is 16.9 Å². The minimum atomic E-state index is -2.65. The Morgan fingerprint density at radius 3 is 2.33 bits per heavy atom. The number of rotatable bonds is 5. The molecule has 4 atom stereocenters. The molecule has 4 aliphatic rings. The second kappa shape index (κ2) is 10.1. The van der Waals surface area contributed by atoms with E-state index in [2.05, 4.69) is 17.0 Å². The number of amides is 1. The average Bonchev–Trinajstić information content (AvgIpc) is 3.44. The zero-order chi connectivity index (χ0) is 30.1. The lowest BCUT2D eigenvalue weighted by molar-refractivity contribution is -0.148. The lowest BCUT2D eigenvalue weighted by atomic mass is 9.58. The van der Waals surface area contributed by atoms with Crippen LogP contribution in [0.1, 0.15) is 40.7 Å². The van der Waals surface area contributed by atoms with Crippen molar-refractivity contribution in [2.45, 2.75) is 43.9 Å². The molecular formula is C32H35N3O7. The fourth-order valence-corrected chi connectivity index (χ4v) is 7.51. The van der Waals surface area contributed by atoms with Gasteiger partial charge in [-0.05, 0) is 87.1 Å². The van der Waals surface area contributed by atoms with Crippen LogP contribution < -0.4 is 5.73 Å². The number of Topliss-reactive ketones (excluding diaryl/α,β-unsaturated/α-hetero) is 2. The summed E-state index contributed by atoms with van der Waals surface area (Å²) in [5, 5.41) is 45.0. The molecule has 0 aromatic heterocycles. The van der Waals surface area contributed by atoms with Crippen LogP contribution in [0.3, 0.4) is 0 Å². The predicted octanol–water partition coefficient (Wildman–Crippen LogP) is 2.38. The SMILES string of the molecule is CN(C)[C@@H]1C(O)=C(C(N)=O)C(=O)[C@@]2(O)C(O)=C3C(=O)c4c(O)ccc(-c5ccc(CN6CCCC6)cc5)c4C[C@H]3C[C@@H]12. The molecule has 10 nitrogen and oxygen atoms in total. The van der Waals surface area contributed by atoms with Gasteiger partial charge in [0, 0.05) is 18.0 Å². The van der Waals surface area contributed by atoms with Crippen molar-refractivity contribution in [2.75, 3.05) is 27.2 Å². The zero-order valence-electron chi connectivity index (χ0n) is 23.6. The minimum absolute atomic E-state index is 0.00873. The van der Waals surface area contributed by atoms with Crippen LogP contribution in [0, 0.1) is 11.8 Å². The highest BCUT2D eigenvalue weighted by Gasteiger charge is 2.63. The molecular weight excluding hydrogens is 538 g/mol. The smallest absolute Gasteiger partial charge is 0.255 e. The molecule has 3 aliphatic carbocycles. The summed E-state index contributed by atoms with van der Waals surface area (Å²) in [5.41, 5.74) is 5.21. The van der Waals surface area contributed by atoms with Gasteiger partial charge in [-0.3, -0.25) is 24.2 Å². The van der Waals surface area contributed by atoms with Gasteiger partial charge in [0.05, 0.1) is 11.6 Å². The Bertz CT molecular complexity index is 1570. The van der Waals surface area contributed by atoms with E-state index < -0.39 is 58.0 Å². The van der Waals surface area contributed by atoms with Gasteiger partial charge in [0.15, 0.2) is 11.4 Å². The Morgan fingerprint density at radius 1 is 1.05 bits per heavy atom. The molecule has 42 heavy (non-hydrogen) atoms. The largest absolute Gasteiger partial charge is 0.510 e. The predicted molar refractivity (Wildman–Crippen MR) is 154 cm³/mol. The van der Waals surface area contributed by atoms with E-state index in [-0.39, 0.29) is 29.7 Å². The zero-order valence-corrected chi connectivity index (χ0v) is 23.6. The number of hydrogen-bond acceptors (Lipinski definition) is 9. The summed E-state index contributed by atoms with van der Waals surface area (Å²) in [6.45, 7) is 3.05. The molecule has 0 bridgehead atoms. The van der Waals surface area contributed by atoms with E-state index in [1.807, 2.05) is 12.1 Å². The molecule has 1 heterocycles. The number of likely N-dealkylation sites (N-methyl/N-ethyl adjacent to an activating group) is 1. The van der Waals surface area contributed by atoms with Crippen LogP contribution in [-0.4, -0.2) is 86.5 Å². The summed E-state index contributed by atoms with van der Waals surface area (Å²) in [5.74, 6) is -6.58. The third-order valence-electron chi connectivity index (χ3n) is 9.48. The van der Waals surface area contributed by atoms with Crippen molar-refractivity contribution in [3.05, 3.63) is 75.8 Å². The maximum Gasteiger partial charge on any atom is 0.255 e. The van der Waals surface area contributed by atoms with Gasteiger partial charge in [-0.15, -0.1) is 0 Å². The van der Waals surface area contributed by atoms with Gasteiger partial charge in [0.2, 0.25) is 5.78 Å². The number of allylic oxidation sites excluding steroid dienone is 1. The molecule has 0 saturated carbocycles. The van der Waals surface area contributed by atoms with Crippen LogP contribution in [0.25, 0.3) is 11.1 Å². The van der Waals surface area contributed by atoms with Gasteiger partial charge >= 0.3 is 0 Å². The van der Waals surface area contributed by atoms with Gasteiger partial charge in [-0.1, -0.05) is 30.3 Å². The lowest BCUT2D eigenvalue weighted by Gasteiger charge is -2.50. The third kappa shape index (κ3) is 4.08. The standard InChI is InChI=1S/C32H35N3O7/c1-34(2)26-21-14-18-13-20-19(17-7-5-16(6-8-17)15-35-11-3-4-12-35)9-10-22(36)24(20)27(37)23(18)29(39)32(21,42)30(40)25(28(26)38)31(33)41/h5-10,18,21,26,36,38-39,42H,3-4,11-15H2,1-2H3,(H2,33,41)/t18-,21-,26-,32-/m0/s1. The van der Waals surface area contributed by atoms with Gasteiger partial charge < -0.3 is 26.2 Å². The summed E-state index contributed by atoms with van der Waals surface area (Å²) in [6, 6.07) is 10.3. The van der Waals surface area contributed by atoms with Gasteiger partial charge in [-0.25, -0.2) is 0 Å². The number of carbonyl (C=O) groups is 3. The highest BCUT2D eigenvalue weighted by atomic mass is 16.3. The van der Waals surface area contributed by atoms with E-state index in [1.165, 1.54) is 29.4 Å². The molecule has 10 heteroatoms. The number of phenolic OH excluding ortho intramolecular Hbond substituents is 1. The quantitative estimate of drug-likeness (QED) is 0.338. The van der Waals surface area contributed by atoms with E-state index in [0.717, 1.165) is 30.8 Å². The number of fused-ring (bicyclic) bond motifs is 3. The first-order chi connectivity index (χ1) is 19.9. The van der Waals surface area contributed by atoms with Crippen LogP contribution in [-0.2, 0) is 22.6 Å². The maximum absolute atomic E-state index is 14.0. The van der Waals surface area contributed by atoms with Crippen molar-refractivity contribution in [1.82, 2.24) is 9.80 Å². The molecule has 6 rings (SSSR count). The second-order valence-corrected chi connectivity index (χ2v) is 12.1. The Labute approximate surface area is 243 Å². The van der Waals surface area contributed by atoms with E-state index in [9.17, 15) is 34.8 Å². The number of ketones is 2. The summed E-state index contributed by atoms with van der Waals surface area (Å²) in [4.78, 5) is 43.5. The molecule has 0 unspecified atom stereocenters. The Balaban J connectivity index is 1.43. The number of nitrogens with two attached hydrogens (primary N) is 1. The number of aromatic hydroxyl groups is 1. The van der Waals surface area contributed by atoms with Gasteiger partial charge in [0.25, 0.3) is 5.91 Å². The maximum atomic E-state index is 14.0. The molecule has 0 radical (unpaired) electrons. The summed E-state index contributed by atoms with van der Waals surface area (Å²) >= 11 is 0. The lowest BCUT2D eigenvalue weighted by Crippen LogP contribution is -2.63. The van der Waals surface area contributed by atoms with Gasteiger partial charge in [-0.2, -0.15) is 0 Å². The van der Waals surface area contributed by atoms with Crippen molar-refractivity contribution < 1.29 is 34.8 Å². The molecule has 1 fully saturated rings.